The molecule has 0 saturated heterocycles. The second kappa shape index (κ2) is 9.58. The number of aromatic nitrogens is 2. The molecule has 0 bridgehead atoms. The number of nitrogens with zero attached hydrogens (tertiary/aromatic N) is 2. The first-order chi connectivity index (χ1) is 22.3. The van der Waals surface area contributed by atoms with Gasteiger partial charge in [0.05, 0.1) is 0 Å². The maximum absolute atomic E-state index is 2.50. The number of para-hydroxylation sites is 3. The normalized spacial score (nSPS) is 12.0. The second-order valence-electron chi connectivity index (χ2n) is 11.8. The topological polar surface area (TPSA) is 9.86 Å². The number of fused-ring (bicyclic) bond motifs is 9. The summed E-state index contributed by atoms with van der Waals surface area (Å²) >= 11 is 0.258. The Morgan fingerprint density at radius 3 is 1.71 bits per heavy atom. The van der Waals surface area contributed by atoms with Crippen molar-refractivity contribution < 1.29 is 0 Å². The summed E-state index contributed by atoms with van der Waals surface area (Å²) in [4.78, 5) is 0. The standard InChI is InChI=1S/C42H26N2Se/c1-2-11-27(12-3-1)28-21-23-33-41(25-28)45-40-20-10-19-39(42(33)40)44-37-18-9-6-15-32(37)34-26-29(22-24-38(34)44)43-35-16-7-4-13-30(35)31-14-5-8-17-36(31)43/h1-26H. The average Bonchev–Trinajstić information content (AvgIpc) is 3.76. The molecule has 0 aliphatic carbocycles. The van der Waals surface area contributed by atoms with Crippen molar-refractivity contribution in [2.24, 2.45) is 0 Å². The van der Waals surface area contributed by atoms with Gasteiger partial charge >= 0.3 is 255 Å². The third kappa shape index (κ3) is 3.63. The van der Waals surface area contributed by atoms with E-state index in [1.165, 1.54) is 85.4 Å². The molecule has 0 radical (unpaired) electrons. The van der Waals surface area contributed by atoms with Crippen molar-refractivity contribution >= 4 is 77.4 Å². The van der Waals surface area contributed by atoms with Crippen molar-refractivity contribution in [2.75, 3.05) is 0 Å². The molecule has 0 aliphatic rings. The van der Waals surface area contributed by atoms with Crippen molar-refractivity contribution in [1.82, 2.24) is 9.13 Å². The van der Waals surface area contributed by atoms with Crippen LogP contribution in [0.5, 0.6) is 0 Å². The molecule has 0 spiro atoms. The van der Waals surface area contributed by atoms with Gasteiger partial charge in [0.15, 0.2) is 0 Å². The Hall–Kier alpha value is -5.34. The van der Waals surface area contributed by atoms with Gasteiger partial charge in [-0.1, -0.05) is 12.1 Å². The minimum absolute atomic E-state index is 0.258. The summed E-state index contributed by atoms with van der Waals surface area (Å²) in [6, 6.07) is 58.0. The fraction of sp³-hybridized carbons (Fsp3) is 0. The Bertz CT molecular complexity index is 2710. The van der Waals surface area contributed by atoms with Gasteiger partial charge in [-0.2, -0.15) is 0 Å². The van der Waals surface area contributed by atoms with E-state index in [1.807, 2.05) is 0 Å². The van der Waals surface area contributed by atoms with E-state index in [-0.39, 0.29) is 14.5 Å². The minimum atomic E-state index is 0.258. The van der Waals surface area contributed by atoms with Gasteiger partial charge in [0, 0.05) is 0 Å². The summed E-state index contributed by atoms with van der Waals surface area (Å²) in [5.74, 6) is 0. The molecular weight excluding hydrogens is 611 g/mol. The Morgan fingerprint density at radius 2 is 0.978 bits per heavy atom. The SMILES string of the molecule is c1ccc(-c2ccc3c(c2)[se]c2cccc(-n4c5ccccc5c5cc(-n6c7ccccc7c7ccccc76)ccc54)c23)cc1. The van der Waals surface area contributed by atoms with Crippen molar-refractivity contribution in [2.45, 2.75) is 0 Å². The van der Waals surface area contributed by atoms with Crippen LogP contribution in [0.25, 0.3) is 85.4 Å². The molecule has 10 rings (SSSR count). The zero-order valence-electron chi connectivity index (χ0n) is 24.3. The molecule has 210 valence electrons. The van der Waals surface area contributed by atoms with E-state index >= 15 is 0 Å². The van der Waals surface area contributed by atoms with E-state index in [0.29, 0.717) is 0 Å². The van der Waals surface area contributed by atoms with Crippen molar-refractivity contribution in [1.29, 1.82) is 0 Å². The number of hydrogen-bond acceptors (Lipinski definition) is 0. The Morgan fingerprint density at radius 1 is 0.356 bits per heavy atom. The van der Waals surface area contributed by atoms with Gasteiger partial charge in [-0.3, -0.25) is 0 Å². The fourth-order valence-corrected chi connectivity index (χ4v) is 9.81. The zero-order chi connectivity index (χ0) is 29.5. The molecule has 0 saturated carbocycles. The summed E-state index contributed by atoms with van der Waals surface area (Å²) in [7, 11) is 0. The predicted octanol–water partition coefficient (Wildman–Crippen LogP) is 10.9. The zero-order valence-corrected chi connectivity index (χ0v) is 26.0. The number of benzene rings is 7. The maximum atomic E-state index is 2.50. The Kier molecular flexibility index (Phi) is 5.33. The molecule has 3 heteroatoms. The van der Waals surface area contributed by atoms with Gasteiger partial charge in [0.1, 0.15) is 0 Å². The molecule has 0 fully saturated rings. The Balaban J connectivity index is 1.24. The van der Waals surface area contributed by atoms with E-state index in [0.717, 1.165) is 0 Å². The van der Waals surface area contributed by atoms with E-state index < -0.39 is 0 Å². The monoisotopic (exact) mass is 638 g/mol. The summed E-state index contributed by atoms with van der Waals surface area (Å²) < 4.78 is 7.82. The molecule has 2 nitrogen and oxygen atoms in total. The van der Waals surface area contributed by atoms with Crippen LogP contribution in [0.3, 0.4) is 0 Å². The van der Waals surface area contributed by atoms with Crippen LogP contribution in [-0.4, -0.2) is 23.6 Å². The van der Waals surface area contributed by atoms with Crippen LogP contribution < -0.4 is 0 Å². The molecule has 7 aromatic carbocycles. The van der Waals surface area contributed by atoms with Crippen LogP contribution in [0.15, 0.2) is 158 Å². The summed E-state index contributed by atoms with van der Waals surface area (Å²) in [6.07, 6.45) is 0. The third-order valence-electron chi connectivity index (χ3n) is 9.32. The van der Waals surface area contributed by atoms with Crippen LogP contribution in [0.4, 0.5) is 0 Å². The summed E-state index contributed by atoms with van der Waals surface area (Å²) in [5, 5.41) is 7.86. The van der Waals surface area contributed by atoms with E-state index in [9.17, 15) is 0 Å². The molecule has 0 unspecified atom stereocenters. The molecule has 3 heterocycles. The first-order valence-corrected chi connectivity index (χ1v) is 17.1. The molecule has 0 amide bonds. The van der Waals surface area contributed by atoms with Crippen molar-refractivity contribution in [3.8, 4) is 22.5 Å². The third-order valence-corrected chi connectivity index (χ3v) is 11.7. The van der Waals surface area contributed by atoms with Gasteiger partial charge in [0.25, 0.3) is 0 Å². The molecule has 45 heavy (non-hydrogen) atoms. The molecule has 0 aliphatic heterocycles. The van der Waals surface area contributed by atoms with E-state index in [1.54, 1.807) is 0 Å². The molecule has 10 aromatic rings. The second-order valence-corrected chi connectivity index (χ2v) is 14.0. The first-order valence-electron chi connectivity index (χ1n) is 15.4. The quantitative estimate of drug-likeness (QED) is 0.171. The van der Waals surface area contributed by atoms with Crippen LogP contribution in [0.2, 0.25) is 0 Å². The summed E-state index contributed by atoms with van der Waals surface area (Å²) in [5.41, 5.74) is 9.94. The molecular formula is C42H26N2Se. The van der Waals surface area contributed by atoms with Gasteiger partial charge in [0.2, 0.25) is 0 Å². The van der Waals surface area contributed by atoms with Crippen LogP contribution >= 0.6 is 0 Å². The van der Waals surface area contributed by atoms with E-state index in [4.69, 9.17) is 0 Å². The summed E-state index contributed by atoms with van der Waals surface area (Å²) in [6.45, 7) is 0. The number of hydrogen-bond donors (Lipinski definition) is 0. The fourth-order valence-electron chi connectivity index (χ4n) is 7.36. The molecule has 0 atom stereocenters. The van der Waals surface area contributed by atoms with Crippen LogP contribution in [-0.2, 0) is 0 Å². The Labute approximate surface area is 265 Å². The van der Waals surface area contributed by atoms with Gasteiger partial charge in [-0.25, -0.2) is 0 Å². The van der Waals surface area contributed by atoms with Gasteiger partial charge in [-0.15, -0.1) is 0 Å². The predicted molar refractivity (Wildman–Crippen MR) is 193 cm³/mol. The van der Waals surface area contributed by atoms with Gasteiger partial charge < -0.3 is 0 Å². The van der Waals surface area contributed by atoms with Crippen LogP contribution in [0.1, 0.15) is 0 Å². The average molecular weight is 638 g/mol. The van der Waals surface area contributed by atoms with Crippen molar-refractivity contribution in [3.05, 3.63) is 158 Å². The van der Waals surface area contributed by atoms with Gasteiger partial charge in [-0.05, 0) is 0 Å². The first kappa shape index (κ1) is 25.0. The van der Waals surface area contributed by atoms with E-state index in [2.05, 4.69) is 167 Å². The number of rotatable bonds is 3. The van der Waals surface area contributed by atoms with Crippen molar-refractivity contribution in [3.63, 3.8) is 0 Å². The molecule has 3 aromatic heterocycles. The van der Waals surface area contributed by atoms with Crippen LogP contribution in [0, 0.1) is 0 Å². The molecule has 0 N–H and O–H groups in total.